The predicted molar refractivity (Wildman–Crippen MR) is 150 cm³/mol. The number of alkyl carbamates (subject to hydrolysis) is 1. The number of carbonyl (C=O) groups excluding carboxylic acids is 1. The minimum atomic E-state index is -0.519. The summed E-state index contributed by atoms with van der Waals surface area (Å²) in [4.78, 5) is 14.4. The Labute approximate surface area is 231 Å². The van der Waals surface area contributed by atoms with Crippen LogP contribution in [0.5, 0.6) is 11.5 Å². The normalized spacial score (nSPS) is 20.2. The van der Waals surface area contributed by atoms with Gasteiger partial charge in [-0.25, -0.2) is 4.79 Å². The number of carbonyl (C=O) groups is 1. The van der Waals surface area contributed by atoms with Crippen molar-refractivity contribution in [1.82, 2.24) is 14.8 Å². The van der Waals surface area contributed by atoms with Gasteiger partial charge in [0.2, 0.25) is 0 Å². The van der Waals surface area contributed by atoms with Gasteiger partial charge in [-0.05, 0) is 70.7 Å². The average Bonchev–Trinajstić information content (AvgIpc) is 2.90. The van der Waals surface area contributed by atoms with Crippen molar-refractivity contribution in [3.05, 3.63) is 53.6 Å². The first-order valence-corrected chi connectivity index (χ1v) is 13.7. The number of benzene rings is 1. The van der Waals surface area contributed by atoms with Gasteiger partial charge in [0.15, 0.2) is 0 Å². The molecule has 0 bridgehead atoms. The molecular formula is C29H43N5O5. The van der Waals surface area contributed by atoms with Gasteiger partial charge < -0.3 is 24.3 Å². The predicted octanol–water partition coefficient (Wildman–Crippen LogP) is 4.01. The van der Waals surface area contributed by atoms with Gasteiger partial charge in [0.1, 0.15) is 35.0 Å². The van der Waals surface area contributed by atoms with E-state index in [1.165, 1.54) is 4.57 Å². The first kappa shape index (κ1) is 28.6. The monoisotopic (exact) mass is 541 g/mol. The van der Waals surface area contributed by atoms with Crippen LogP contribution < -0.4 is 20.3 Å². The van der Waals surface area contributed by atoms with Crippen molar-refractivity contribution < 1.29 is 25.2 Å². The minimum absolute atomic E-state index is 0. The van der Waals surface area contributed by atoms with Crippen LogP contribution in [0.1, 0.15) is 53.4 Å². The highest BCUT2D eigenvalue weighted by Gasteiger charge is 2.26. The van der Waals surface area contributed by atoms with Crippen LogP contribution in [0.2, 0.25) is 0 Å². The molecule has 214 valence electrons. The lowest BCUT2D eigenvalue weighted by atomic mass is 9.93. The zero-order valence-electron chi connectivity index (χ0n) is 23.2. The maximum absolute atomic E-state index is 12.1. The summed E-state index contributed by atoms with van der Waals surface area (Å²) in [7, 11) is 0. The molecular weight excluding hydrogens is 498 g/mol. The van der Waals surface area contributed by atoms with E-state index in [4.69, 9.17) is 29.8 Å². The fourth-order valence-corrected chi connectivity index (χ4v) is 4.72. The lowest BCUT2D eigenvalue weighted by molar-refractivity contribution is 0.0322. The van der Waals surface area contributed by atoms with Crippen molar-refractivity contribution in [2.75, 3.05) is 39.5 Å². The molecule has 0 unspecified atom stereocenters. The van der Waals surface area contributed by atoms with Crippen LogP contribution >= 0.6 is 0 Å². The lowest BCUT2D eigenvalue weighted by Crippen LogP contribution is -2.42. The molecule has 2 aliphatic rings. The van der Waals surface area contributed by atoms with E-state index in [2.05, 4.69) is 10.2 Å². The number of pyridine rings is 1. The largest absolute Gasteiger partial charge is 0.492 e. The van der Waals surface area contributed by atoms with Crippen LogP contribution in [0.3, 0.4) is 0 Å². The van der Waals surface area contributed by atoms with Crippen molar-refractivity contribution in [1.29, 1.82) is 10.8 Å². The highest BCUT2D eigenvalue weighted by molar-refractivity contribution is 5.98. The molecule has 0 atom stereocenters. The third-order valence-corrected chi connectivity index (χ3v) is 6.75. The Hall–Kier alpha value is -3.37. The maximum atomic E-state index is 12.1. The molecule has 2 aromatic rings. The van der Waals surface area contributed by atoms with E-state index < -0.39 is 5.60 Å². The van der Waals surface area contributed by atoms with E-state index in [-0.39, 0.29) is 31.0 Å². The molecule has 2 heterocycles. The van der Waals surface area contributed by atoms with Gasteiger partial charge in [-0.15, -0.1) is 0 Å². The summed E-state index contributed by atoms with van der Waals surface area (Å²) >= 11 is 0. The molecule has 0 radical (unpaired) electrons. The Morgan fingerprint density at radius 2 is 1.85 bits per heavy atom. The number of nitrogens with one attached hydrogen (secondary N) is 3. The van der Waals surface area contributed by atoms with Crippen LogP contribution in [0.4, 0.5) is 4.79 Å². The second-order valence-electron chi connectivity index (χ2n) is 11.0. The Morgan fingerprint density at radius 3 is 2.56 bits per heavy atom. The summed E-state index contributed by atoms with van der Waals surface area (Å²) in [6.07, 6.45) is 4.51. The summed E-state index contributed by atoms with van der Waals surface area (Å²) in [5, 5.41) is 20.1. The molecule has 1 aromatic carbocycles. The summed E-state index contributed by atoms with van der Waals surface area (Å²) in [5.41, 5.74) is 0.328. The van der Waals surface area contributed by atoms with Crippen LogP contribution in [0.25, 0.3) is 0 Å². The van der Waals surface area contributed by atoms with Crippen LogP contribution in [-0.4, -0.2) is 78.6 Å². The quantitative estimate of drug-likeness (QED) is 0.343. The van der Waals surface area contributed by atoms with Gasteiger partial charge in [0.25, 0.3) is 0 Å². The fraction of sp³-hybridized carbons (Fsp3) is 0.552. The highest BCUT2D eigenvalue weighted by atomic mass is 16.6. The van der Waals surface area contributed by atoms with Gasteiger partial charge in [-0.1, -0.05) is 12.1 Å². The maximum Gasteiger partial charge on any atom is 0.407 e. The summed E-state index contributed by atoms with van der Waals surface area (Å²) in [6.45, 7) is 10.3. The third kappa shape index (κ3) is 8.83. The highest BCUT2D eigenvalue weighted by Crippen LogP contribution is 2.24. The number of amides is 1. The van der Waals surface area contributed by atoms with E-state index in [1.807, 2.05) is 45.0 Å². The smallest absolute Gasteiger partial charge is 0.407 e. The van der Waals surface area contributed by atoms with Gasteiger partial charge in [-0.3, -0.25) is 20.3 Å². The van der Waals surface area contributed by atoms with E-state index in [0.29, 0.717) is 23.7 Å². The Morgan fingerprint density at radius 1 is 1.10 bits per heavy atom. The minimum Gasteiger partial charge on any atom is -0.492 e. The molecule has 39 heavy (non-hydrogen) atoms. The van der Waals surface area contributed by atoms with Crippen molar-refractivity contribution in [2.45, 2.75) is 64.2 Å². The number of nitrogens with zero attached hydrogens (tertiary/aromatic N) is 2. The van der Waals surface area contributed by atoms with E-state index in [9.17, 15) is 4.79 Å². The topological polar surface area (TPSA) is 122 Å². The number of aromatic nitrogens is 1. The molecule has 1 amide bonds. The van der Waals surface area contributed by atoms with Gasteiger partial charge in [0, 0.05) is 32.7 Å². The Balaban J connectivity index is 0.00000441. The van der Waals surface area contributed by atoms with Gasteiger partial charge in [-0.2, -0.15) is 0 Å². The number of hydrogen-bond acceptors (Lipinski definition) is 8. The molecule has 1 saturated heterocycles. The van der Waals surface area contributed by atoms with Gasteiger partial charge in [0.05, 0.1) is 25.5 Å². The van der Waals surface area contributed by atoms with Crippen LogP contribution in [-0.2, 0) is 9.47 Å². The molecule has 10 heteroatoms. The first-order valence-electron chi connectivity index (χ1n) is 13.7. The third-order valence-electron chi connectivity index (χ3n) is 6.75. The molecule has 3 N–H and O–H groups in total. The summed E-state index contributed by atoms with van der Waals surface area (Å²) in [5.74, 6) is 1.48. The average molecular weight is 542 g/mol. The fourth-order valence-electron chi connectivity index (χ4n) is 4.72. The summed E-state index contributed by atoms with van der Waals surface area (Å²) in [6, 6.07) is 10.9. The molecule has 4 rings (SSSR count). The zero-order valence-corrected chi connectivity index (χ0v) is 23.2. The SMILES string of the molecule is CC(C)(C)OC(=O)NC1CCC(Oc2ccc(=N)n(C(=N)c3cccc(OCCN4CCOCC4)c3)c2)CC1.[HH]. The Kier molecular flexibility index (Phi) is 9.63. The number of morpholine rings is 1. The first-order chi connectivity index (χ1) is 18.7. The van der Waals surface area contributed by atoms with Crippen molar-refractivity contribution in [2.24, 2.45) is 0 Å². The molecule has 1 aromatic heterocycles. The summed E-state index contributed by atoms with van der Waals surface area (Å²) < 4.78 is 24.4. The van der Waals surface area contributed by atoms with E-state index >= 15 is 0 Å². The van der Waals surface area contributed by atoms with Crippen molar-refractivity contribution in [3.8, 4) is 11.5 Å². The molecule has 2 fully saturated rings. The standard InChI is InChI=1S/C29H41N5O5.H2/c1-29(2,3)39-28(35)32-22-7-9-23(10-8-22)38-25-11-12-26(30)34(20-25)27(31)21-5-4-6-24(19-21)37-18-15-33-13-16-36-17-14-33;/h4-6,11-12,19-20,22-23,30-31H,7-10,13-18H2,1-3H3,(H,32,35);1H. The number of rotatable bonds is 8. The van der Waals surface area contributed by atoms with Gasteiger partial charge >= 0.3 is 6.09 Å². The molecule has 1 saturated carbocycles. The van der Waals surface area contributed by atoms with E-state index in [0.717, 1.165) is 58.5 Å². The molecule has 1 aliphatic heterocycles. The van der Waals surface area contributed by atoms with Crippen molar-refractivity contribution in [3.63, 3.8) is 0 Å². The second-order valence-corrected chi connectivity index (χ2v) is 11.0. The molecule has 10 nitrogen and oxygen atoms in total. The Bertz CT molecular complexity index is 1180. The lowest BCUT2D eigenvalue weighted by Gasteiger charge is -2.30. The van der Waals surface area contributed by atoms with Crippen molar-refractivity contribution >= 4 is 11.9 Å². The zero-order chi connectivity index (χ0) is 27.8. The molecule has 1 aliphatic carbocycles. The number of ether oxygens (including phenoxy) is 4. The van der Waals surface area contributed by atoms with Crippen LogP contribution in [0, 0.1) is 10.8 Å². The van der Waals surface area contributed by atoms with E-state index in [1.54, 1.807) is 18.3 Å². The second kappa shape index (κ2) is 13.1. The van der Waals surface area contributed by atoms with Crippen LogP contribution in [0.15, 0.2) is 42.6 Å². The molecule has 0 spiro atoms. The number of hydrogen-bond donors (Lipinski definition) is 3.